The number of rotatable bonds is 14. The molecule has 4 saturated heterocycles. The van der Waals surface area contributed by atoms with Crippen LogP contribution in [0.3, 0.4) is 0 Å². The van der Waals surface area contributed by atoms with Crippen LogP contribution >= 0.6 is 37.9 Å². The van der Waals surface area contributed by atoms with Crippen LogP contribution in [0.25, 0.3) is 0 Å². The Hall–Kier alpha value is 0.250. The van der Waals surface area contributed by atoms with Crippen molar-refractivity contribution in [1.29, 1.82) is 0 Å². The molecule has 20 atom stereocenters. The molecule has 12 N–H and O–H groups in total. The van der Waals surface area contributed by atoms with Gasteiger partial charge in [-0.05, 0) is 6.42 Å². The second-order valence-corrected chi connectivity index (χ2v) is 13.7. The summed E-state index contributed by atoms with van der Waals surface area (Å²) in [5.41, 5.74) is 0. The molecular formula is C29H54O20S3. The number of aliphatic hydroxyl groups is 12. The van der Waals surface area contributed by atoms with E-state index in [4.69, 9.17) is 37.9 Å². The Morgan fingerprint density at radius 2 is 0.788 bits per heavy atom. The summed E-state index contributed by atoms with van der Waals surface area (Å²) in [5, 5.41) is 120. The van der Waals surface area contributed by atoms with Crippen LogP contribution in [0.2, 0.25) is 0 Å². The first-order valence-corrected chi connectivity index (χ1v) is 18.6. The molecular weight excluding hydrogens is 765 g/mol. The maximum Gasteiger partial charge on any atom is 0.187 e. The lowest BCUT2D eigenvalue weighted by molar-refractivity contribution is -0.356. The van der Waals surface area contributed by atoms with E-state index in [0.717, 1.165) is 0 Å². The van der Waals surface area contributed by atoms with Gasteiger partial charge in [-0.2, -0.15) is 37.9 Å². The molecule has 0 aromatic carbocycles. The third-order valence-electron chi connectivity index (χ3n) is 8.78. The molecule has 308 valence electrons. The third kappa shape index (κ3) is 11.2. The summed E-state index contributed by atoms with van der Waals surface area (Å²) in [4.78, 5) is 0. The molecule has 20 nitrogen and oxygen atoms in total. The van der Waals surface area contributed by atoms with E-state index >= 15 is 0 Å². The van der Waals surface area contributed by atoms with Crippen molar-refractivity contribution in [3.8, 4) is 0 Å². The summed E-state index contributed by atoms with van der Waals surface area (Å²) in [6, 6.07) is 0. The van der Waals surface area contributed by atoms with E-state index < -0.39 is 136 Å². The van der Waals surface area contributed by atoms with Crippen LogP contribution in [-0.2, 0) is 37.9 Å². The van der Waals surface area contributed by atoms with E-state index in [1.165, 1.54) is 0 Å². The zero-order valence-corrected chi connectivity index (χ0v) is 30.9. The van der Waals surface area contributed by atoms with Gasteiger partial charge in [0.15, 0.2) is 25.2 Å². The maximum absolute atomic E-state index is 10.4. The first-order valence-electron chi connectivity index (χ1n) is 16.7. The molecule has 0 aromatic heterocycles. The summed E-state index contributed by atoms with van der Waals surface area (Å²) >= 11 is 12.0. The fraction of sp³-hybridized carbons (Fsp3) is 1.00. The Morgan fingerprint density at radius 1 is 0.442 bits per heavy atom. The lowest BCUT2D eigenvalue weighted by atomic mass is 9.97. The van der Waals surface area contributed by atoms with E-state index in [2.05, 4.69) is 37.9 Å². The molecule has 52 heavy (non-hydrogen) atoms. The van der Waals surface area contributed by atoms with Crippen LogP contribution in [0.4, 0.5) is 0 Å². The molecule has 4 rings (SSSR count). The maximum atomic E-state index is 10.4. The molecule has 0 saturated carbocycles. The number of thiol groups is 3. The topological polar surface area (TPSA) is 317 Å². The minimum Gasteiger partial charge on any atom is -0.394 e. The highest BCUT2D eigenvalue weighted by Crippen LogP contribution is 2.31. The second kappa shape index (κ2) is 22.3. The van der Waals surface area contributed by atoms with Crippen molar-refractivity contribution in [3.05, 3.63) is 0 Å². The Balaban J connectivity index is 0.000000280. The fourth-order valence-corrected chi connectivity index (χ4v) is 6.50. The number of ether oxygens (including phenoxy) is 8. The van der Waals surface area contributed by atoms with Crippen molar-refractivity contribution < 1.29 is 99.2 Å². The predicted octanol–water partition coefficient (Wildman–Crippen LogP) is -6.53. The van der Waals surface area contributed by atoms with Gasteiger partial charge in [0.05, 0.1) is 32.0 Å². The first-order chi connectivity index (χ1) is 24.7. The number of aliphatic hydroxyl groups excluding tert-OH is 12. The molecule has 0 spiro atoms. The highest BCUT2D eigenvalue weighted by atomic mass is 32.1. The standard InChI is InChI=1S/C15H28O10S.C14H26O10S2/c1-2-3-22-14-12(21)10(19)13(6(4-16)23-14)25-15-11(20)9(18)8(17)7(5-26)24-15;15-3-5-12(9(18)11(20)13(22-5)21-1-2-25)24-14-10(19)8(17)7(16)6(4-26)23-14/h6-21,26H,2-5H2,1H3;5-20,25-26H,1-4H2/t6?,7?,8-,9+,10-,11?,12?,13-,14-,15+;5?,6?,7-,8-,9+,10?,11?,12+,13+,14-/m10/s1. The minimum atomic E-state index is -1.62. The Morgan fingerprint density at radius 3 is 1.12 bits per heavy atom. The zero-order chi connectivity index (χ0) is 38.9. The van der Waals surface area contributed by atoms with Crippen molar-refractivity contribution in [2.24, 2.45) is 0 Å². The van der Waals surface area contributed by atoms with Crippen LogP contribution in [0, 0.1) is 0 Å². The molecule has 0 aliphatic carbocycles. The van der Waals surface area contributed by atoms with E-state index in [9.17, 15) is 61.3 Å². The van der Waals surface area contributed by atoms with Gasteiger partial charge < -0.3 is 99.2 Å². The van der Waals surface area contributed by atoms with Crippen molar-refractivity contribution in [2.45, 2.75) is 136 Å². The van der Waals surface area contributed by atoms with Gasteiger partial charge in [-0.15, -0.1) is 0 Å². The van der Waals surface area contributed by atoms with Crippen molar-refractivity contribution in [2.75, 3.05) is 43.7 Å². The summed E-state index contributed by atoms with van der Waals surface area (Å²) in [6.45, 7) is 1.18. The fourth-order valence-electron chi connectivity index (χ4n) is 5.79. The van der Waals surface area contributed by atoms with E-state index in [-0.39, 0.29) is 24.7 Å². The lowest BCUT2D eigenvalue weighted by Gasteiger charge is -2.46. The largest absolute Gasteiger partial charge is 0.394 e. The normalized spacial score (nSPS) is 47.1. The summed E-state index contributed by atoms with van der Waals surface area (Å²) in [5.74, 6) is 0.452. The van der Waals surface area contributed by atoms with Gasteiger partial charge in [0.25, 0.3) is 0 Å². The Labute approximate surface area is 316 Å². The average molecular weight is 819 g/mol. The molecule has 4 aliphatic rings. The molecule has 4 aliphatic heterocycles. The highest BCUT2D eigenvalue weighted by molar-refractivity contribution is 7.80. The van der Waals surface area contributed by atoms with Crippen LogP contribution in [0.5, 0.6) is 0 Å². The van der Waals surface area contributed by atoms with Crippen molar-refractivity contribution in [1.82, 2.24) is 0 Å². The molecule has 0 amide bonds. The monoisotopic (exact) mass is 818 g/mol. The summed E-state index contributed by atoms with van der Waals surface area (Å²) in [7, 11) is 0. The molecule has 0 radical (unpaired) electrons. The SMILES string of the molecule is CCCO[C@@H]1OC(CO)[C@@H](O[C@@H]2OC(CS)[C@@H](O)[C@H](O)C2O)[C@H](O)C1O.OCC1O[C@@H](OCCS)C(O)[C@@H](O)[C@@H]1O[C@@H]1OC(CS)[C@H](O)[C@H](O)C1O. The van der Waals surface area contributed by atoms with Crippen LogP contribution < -0.4 is 0 Å². The second-order valence-electron chi connectivity index (χ2n) is 12.5. The Kier molecular flexibility index (Phi) is 20.0. The van der Waals surface area contributed by atoms with E-state index in [1.807, 2.05) is 6.92 Å². The van der Waals surface area contributed by atoms with E-state index in [1.54, 1.807) is 0 Å². The molecule has 8 unspecified atom stereocenters. The molecule has 4 fully saturated rings. The number of hydrogen-bond donors (Lipinski definition) is 15. The molecule has 0 aromatic rings. The van der Waals surface area contributed by atoms with Gasteiger partial charge >= 0.3 is 0 Å². The van der Waals surface area contributed by atoms with Gasteiger partial charge in [0.2, 0.25) is 0 Å². The van der Waals surface area contributed by atoms with Gasteiger partial charge in [-0.3, -0.25) is 0 Å². The van der Waals surface area contributed by atoms with Crippen LogP contribution in [-0.4, -0.2) is 228 Å². The molecule has 4 heterocycles. The molecule has 23 heteroatoms. The minimum absolute atomic E-state index is 0.0419. The predicted molar refractivity (Wildman–Crippen MR) is 182 cm³/mol. The summed E-state index contributed by atoms with van der Waals surface area (Å²) < 4.78 is 43.1. The van der Waals surface area contributed by atoms with Crippen molar-refractivity contribution >= 4 is 37.9 Å². The van der Waals surface area contributed by atoms with Gasteiger partial charge in [0, 0.05) is 23.9 Å². The summed E-state index contributed by atoms with van der Waals surface area (Å²) in [6.07, 6.45) is -26.1. The van der Waals surface area contributed by atoms with Crippen molar-refractivity contribution in [3.63, 3.8) is 0 Å². The quantitative estimate of drug-likeness (QED) is 0.0725. The highest BCUT2D eigenvalue weighted by Gasteiger charge is 2.52. The lowest BCUT2D eigenvalue weighted by Crippen LogP contribution is -2.64. The van der Waals surface area contributed by atoms with Gasteiger partial charge in [0.1, 0.15) is 85.5 Å². The Bertz CT molecular complexity index is 930. The smallest absolute Gasteiger partial charge is 0.187 e. The third-order valence-corrected chi connectivity index (χ3v) is 9.68. The zero-order valence-electron chi connectivity index (χ0n) is 28.2. The first kappa shape index (κ1) is 46.6. The van der Waals surface area contributed by atoms with E-state index in [0.29, 0.717) is 12.2 Å². The van der Waals surface area contributed by atoms with Crippen LogP contribution in [0.15, 0.2) is 0 Å². The molecule has 0 bridgehead atoms. The van der Waals surface area contributed by atoms with Crippen LogP contribution in [0.1, 0.15) is 13.3 Å². The van der Waals surface area contributed by atoms with Gasteiger partial charge in [-0.1, -0.05) is 6.92 Å². The average Bonchev–Trinajstić information content (AvgIpc) is 3.14. The van der Waals surface area contributed by atoms with Gasteiger partial charge in [-0.25, -0.2) is 0 Å². The number of hydrogen-bond acceptors (Lipinski definition) is 23.